The number of nitrogens with one attached hydrogen (secondary N) is 1. The van der Waals surface area contributed by atoms with E-state index in [1.807, 2.05) is 30.3 Å². The molecular weight excluding hydrogens is 258 g/mol. The third kappa shape index (κ3) is 2.41. The van der Waals surface area contributed by atoms with E-state index in [0.717, 1.165) is 41.1 Å². The van der Waals surface area contributed by atoms with E-state index in [-0.39, 0.29) is 7.43 Å². The minimum Gasteiger partial charge on any atom is -0.315 e. The van der Waals surface area contributed by atoms with Gasteiger partial charge in [0.15, 0.2) is 0 Å². The zero-order chi connectivity index (χ0) is 13.4. The number of nitrogens with zero attached hydrogens (tertiary/aromatic N) is 2. The lowest BCUT2D eigenvalue weighted by Crippen LogP contribution is -2.40. The van der Waals surface area contributed by atoms with Crippen LogP contribution >= 0.6 is 0 Å². The quantitative estimate of drug-likeness (QED) is 0.777. The summed E-state index contributed by atoms with van der Waals surface area (Å²) in [6.45, 7) is 1.99. The van der Waals surface area contributed by atoms with Crippen LogP contribution in [0.1, 0.15) is 19.0 Å². The molecule has 0 aliphatic carbocycles. The minimum atomic E-state index is 0. The Morgan fingerprint density at radius 1 is 0.810 bits per heavy atom. The molecule has 0 amide bonds. The van der Waals surface area contributed by atoms with Gasteiger partial charge in [0, 0.05) is 24.6 Å². The molecule has 106 valence electrons. The first-order chi connectivity index (χ1) is 9.92. The molecule has 3 aromatic rings. The van der Waals surface area contributed by atoms with Crippen molar-refractivity contribution in [2.24, 2.45) is 0 Å². The van der Waals surface area contributed by atoms with Gasteiger partial charge in [-0.3, -0.25) is 0 Å². The lowest BCUT2D eigenvalue weighted by Gasteiger charge is -2.28. The zero-order valence-electron chi connectivity index (χ0n) is 11.1. The van der Waals surface area contributed by atoms with Crippen LogP contribution in [0.3, 0.4) is 0 Å². The second-order valence-electron chi connectivity index (χ2n) is 5.17. The Morgan fingerprint density at radius 3 is 2.05 bits per heavy atom. The van der Waals surface area contributed by atoms with Gasteiger partial charge in [-0.25, -0.2) is 9.97 Å². The molecular formula is C18H19N3. The molecule has 3 nitrogen and oxygen atoms in total. The van der Waals surface area contributed by atoms with E-state index >= 15 is 0 Å². The van der Waals surface area contributed by atoms with Crippen LogP contribution in [0.5, 0.6) is 0 Å². The van der Waals surface area contributed by atoms with E-state index in [0.29, 0.717) is 5.92 Å². The van der Waals surface area contributed by atoms with Crippen molar-refractivity contribution in [3.8, 4) is 11.3 Å². The molecule has 4 rings (SSSR count). The van der Waals surface area contributed by atoms with Crippen LogP contribution < -0.4 is 5.32 Å². The van der Waals surface area contributed by atoms with Gasteiger partial charge >= 0.3 is 0 Å². The molecule has 1 aliphatic rings. The summed E-state index contributed by atoms with van der Waals surface area (Å²) in [4.78, 5) is 9.73. The van der Waals surface area contributed by atoms with Crippen LogP contribution in [-0.2, 0) is 0 Å². The number of para-hydroxylation sites is 2. The predicted octanol–water partition coefficient (Wildman–Crippen LogP) is 3.62. The highest BCUT2D eigenvalue weighted by Crippen LogP contribution is 2.30. The van der Waals surface area contributed by atoms with E-state index in [1.54, 1.807) is 0 Å². The molecule has 1 saturated heterocycles. The molecule has 0 atom stereocenters. The van der Waals surface area contributed by atoms with Crippen LogP contribution in [0, 0.1) is 0 Å². The Morgan fingerprint density at radius 2 is 1.43 bits per heavy atom. The fourth-order valence-corrected chi connectivity index (χ4v) is 2.59. The second kappa shape index (κ2) is 5.62. The maximum Gasteiger partial charge on any atom is 0.0929 e. The van der Waals surface area contributed by atoms with E-state index in [4.69, 9.17) is 9.97 Å². The summed E-state index contributed by atoms with van der Waals surface area (Å²) in [6.07, 6.45) is 0. The summed E-state index contributed by atoms with van der Waals surface area (Å²) in [7, 11) is 0. The normalized spacial score (nSPS) is 14.5. The topological polar surface area (TPSA) is 37.8 Å². The fraction of sp³-hybridized carbons (Fsp3) is 0.222. The Hall–Kier alpha value is -2.26. The van der Waals surface area contributed by atoms with Gasteiger partial charge in [-0.1, -0.05) is 49.9 Å². The smallest absolute Gasteiger partial charge is 0.0929 e. The first-order valence-corrected chi connectivity index (χ1v) is 6.94. The van der Waals surface area contributed by atoms with Crippen LogP contribution in [0.4, 0.5) is 0 Å². The van der Waals surface area contributed by atoms with Crippen LogP contribution in [0.25, 0.3) is 22.3 Å². The lowest BCUT2D eigenvalue weighted by molar-refractivity contribution is 0.441. The first-order valence-electron chi connectivity index (χ1n) is 6.94. The van der Waals surface area contributed by atoms with Gasteiger partial charge in [-0.2, -0.15) is 0 Å². The average molecular weight is 277 g/mol. The van der Waals surface area contributed by atoms with Crippen molar-refractivity contribution in [2.45, 2.75) is 13.3 Å². The number of hydrogen-bond donors (Lipinski definition) is 1. The summed E-state index contributed by atoms with van der Waals surface area (Å²) in [5.74, 6) is 0.474. The molecule has 0 radical (unpaired) electrons. The summed E-state index contributed by atoms with van der Waals surface area (Å²) in [5, 5.41) is 3.32. The monoisotopic (exact) mass is 277 g/mol. The molecule has 1 N–H and O–H groups in total. The third-order valence-electron chi connectivity index (χ3n) is 3.81. The molecule has 2 heterocycles. The Bertz CT molecular complexity index is 749. The molecule has 1 aliphatic heterocycles. The van der Waals surface area contributed by atoms with Crippen molar-refractivity contribution in [2.75, 3.05) is 13.1 Å². The number of fused-ring (bicyclic) bond motifs is 1. The second-order valence-corrected chi connectivity index (χ2v) is 5.17. The molecule has 1 fully saturated rings. The molecule has 2 aromatic carbocycles. The number of rotatable bonds is 2. The average Bonchev–Trinajstić information content (AvgIpc) is 2.46. The van der Waals surface area contributed by atoms with Gasteiger partial charge < -0.3 is 5.32 Å². The van der Waals surface area contributed by atoms with Crippen molar-refractivity contribution >= 4 is 11.0 Å². The van der Waals surface area contributed by atoms with Gasteiger partial charge in [0.25, 0.3) is 0 Å². The van der Waals surface area contributed by atoms with Crippen LogP contribution in [0.15, 0.2) is 54.6 Å². The van der Waals surface area contributed by atoms with E-state index in [9.17, 15) is 0 Å². The number of benzene rings is 2. The maximum atomic E-state index is 4.87. The summed E-state index contributed by atoms with van der Waals surface area (Å²) in [6, 6.07) is 18.4. The van der Waals surface area contributed by atoms with Crippen LogP contribution in [0.2, 0.25) is 0 Å². The molecule has 0 saturated carbocycles. The Labute approximate surface area is 125 Å². The molecule has 0 bridgehead atoms. The molecule has 3 heteroatoms. The van der Waals surface area contributed by atoms with Crippen molar-refractivity contribution in [3.05, 3.63) is 60.3 Å². The Balaban J connectivity index is 0.00000132. The molecule has 0 spiro atoms. The van der Waals surface area contributed by atoms with E-state index in [2.05, 4.69) is 29.6 Å². The third-order valence-corrected chi connectivity index (χ3v) is 3.81. The van der Waals surface area contributed by atoms with Crippen molar-refractivity contribution in [3.63, 3.8) is 0 Å². The van der Waals surface area contributed by atoms with Crippen molar-refractivity contribution in [1.82, 2.24) is 15.3 Å². The SMILES string of the molecule is C.c1ccc(-c2nc3ccccc3nc2C2CNC2)cc1. The minimum absolute atomic E-state index is 0. The lowest BCUT2D eigenvalue weighted by atomic mass is 9.94. The van der Waals surface area contributed by atoms with Gasteiger partial charge in [-0.15, -0.1) is 0 Å². The molecule has 0 unspecified atom stereocenters. The summed E-state index contributed by atoms with van der Waals surface area (Å²) < 4.78 is 0. The molecule has 21 heavy (non-hydrogen) atoms. The first kappa shape index (κ1) is 13.7. The fourth-order valence-electron chi connectivity index (χ4n) is 2.59. The van der Waals surface area contributed by atoms with Crippen molar-refractivity contribution in [1.29, 1.82) is 0 Å². The Kier molecular flexibility index (Phi) is 3.67. The highest BCUT2D eigenvalue weighted by atomic mass is 15.0. The van der Waals surface area contributed by atoms with E-state index in [1.165, 1.54) is 0 Å². The number of aromatic nitrogens is 2. The largest absolute Gasteiger partial charge is 0.315 e. The summed E-state index contributed by atoms with van der Waals surface area (Å²) >= 11 is 0. The highest BCUT2D eigenvalue weighted by Gasteiger charge is 2.25. The van der Waals surface area contributed by atoms with E-state index < -0.39 is 0 Å². The zero-order valence-corrected chi connectivity index (χ0v) is 11.1. The van der Waals surface area contributed by atoms with Crippen LogP contribution in [-0.4, -0.2) is 23.1 Å². The summed E-state index contributed by atoms with van der Waals surface area (Å²) in [5.41, 5.74) is 5.23. The van der Waals surface area contributed by atoms with Gasteiger partial charge in [0.05, 0.1) is 22.4 Å². The standard InChI is InChI=1S/C17H15N3.CH4/c1-2-6-12(7-3-1)16-17(13-10-18-11-13)20-15-9-5-4-8-14(15)19-16;/h1-9,13,18H,10-11H2;1H4. The predicted molar refractivity (Wildman–Crippen MR) is 87.3 cm³/mol. The highest BCUT2D eigenvalue weighted by molar-refractivity contribution is 5.78. The van der Waals surface area contributed by atoms with Gasteiger partial charge in [0.2, 0.25) is 0 Å². The van der Waals surface area contributed by atoms with Crippen molar-refractivity contribution < 1.29 is 0 Å². The molecule has 1 aromatic heterocycles. The maximum absolute atomic E-state index is 4.87. The number of hydrogen-bond acceptors (Lipinski definition) is 3. The van der Waals surface area contributed by atoms with Gasteiger partial charge in [-0.05, 0) is 12.1 Å². The van der Waals surface area contributed by atoms with Gasteiger partial charge in [0.1, 0.15) is 0 Å².